The van der Waals surface area contributed by atoms with Gasteiger partial charge in [0.15, 0.2) is 0 Å². The lowest BCUT2D eigenvalue weighted by Gasteiger charge is -2.36. The molecule has 0 aromatic rings. The number of amides is 1. The molecule has 1 aliphatic carbocycles. The van der Waals surface area contributed by atoms with Crippen molar-refractivity contribution >= 4 is 34.2 Å². The van der Waals surface area contributed by atoms with Crippen LogP contribution in [0.15, 0.2) is 0 Å². The quantitative estimate of drug-likeness (QED) is 0.766. The van der Waals surface area contributed by atoms with Crippen molar-refractivity contribution in [1.29, 1.82) is 0 Å². The molecule has 132 valence electrons. The second kappa shape index (κ2) is 9.84. The first-order chi connectivity index (χ1) is 11.0. The minimum absolute atomic E-state index is 0.128. The van der Waals surface area contributed by atoms with Gasteiger partial charge in [-0.15, -0.1) is 0 Å². The minimum atomic E-state index is 0.128. The van der Waals surface area contributed by atoms with Crippen molar-refractivity contribution < 1.29 is 4.79 Å². The molecular weight excluding hydrogens is 326 g/mol. The van der Waals surface area contributed by atoms with Crippen LogP contribution in [-0.4, -0.2) is 64.5 Å². The third-order valence-electron chi connectivity index (χ3n) is 4.61. The molecule has 1 N–H and O–H groups in total. The number of nitrogens with one attached hydrogen (secondary N) is 1. The Morgan fingerprint density at radius 2 is 1.83 bits per heavy atom. The molecule has 1 aliphatic heterocycles. The Bertz CT molecular complexity index is 389. The van der Waals surface area contributed by atoms with Gasteiger partial charge in [0, 0.05) is 38.0 Å². The normalized spacial score (nSPS) is 20.7. The maximum Gasteiger partial charge on any atom is 0.234 e. The molecule has 1 amide bonds. The molecule has 0 spiro atoms. The van der Waals surface area contributed by atoms with Crippen molar-refractivity contribution in [3.63, 3.8) is 0 Å². The Balaban J connectivity index is 1.63. The zero-order valence-corrected chi connectivity index (χ0v) is 16.2. The molecule has 23 heavy (non-hydrogen) atoms. The molecule has 0 unspecified atom stereocenters. The van der Waals surface area contributed by atoms with Crippen LogP contribution in [0.1, 0.15) is 46.0 Å². The second-order valence-corrected chi connectivity index (χ2v) is 8.72. The highest BCUT2D eigenvalue weighted by Crippen LogP contribution is 2.27. The summed E-state index contributed by atoms with van der Waals surface area (Å²) >= 11 is 7.49. The first kappa shape index (κ1) is 19.0. The molecule has 0 aromatic heterocycles. The lowest BCUT2D eigenvalue weighted by Crippen LogP contribution is -2.50. The molecule has 0 radical (unpaired) electrons. The lowest BCUT2D eigenvalue weighted by molar-refractivity contribution is -0.123. The molecule has 1 heterocycles. The number of nitrogens with zero attached hydrogens (tertiary/aromatic N) is 2. The van der Waals surface area contributed by atoms with E-state index < -0.39 is 0 Å². The van der Waals surface area contributed by atoms with E-state index in [0.717, 1.165) is 36.4 Å². The molecule has 2 aliphatic rings. The number of hydrogen-bond donors (Lipinski definition) is 1. The summed E-state index contributed by atoms with van der Waals surface area (Å²) in [4.78, 5) is 16.4. The van der Waals surface area contributed by atoms with E-state index >= 15 is 0 Å². The summed E-state index contributed by atoms with van der Waals surface area (Å²) in [5.41, 5.74) is 0. The minimum Gasteiger partial charge on any atom is -0.355 e. The average Bonchev–Trinajstić information content (AvgIpc) is 2.53. The highest BCUT2D eigenvalue weighted by molar-refractivity contribution is 8.22. The predicted molar refractivity (Wildman–Crippen MR) is 103 cm³/mol. The van der Waals surface area contributed by atoms with Crippen LogP contribution in [0.2, 0.25) is 0 Å². The summed E-state index contributed by atoms with van der Waals surface area (Å²) in [5.74, 6) is 2.19. The topological polar surface area (TPSA) is 35.6 Å². The van der Waals surface area contributed by atoms with Crippen LogP contribution in [0.4, 0.5) is 0 Å². The monoisotopic (exact) mass is 357 g/mol. The number of hydrogen-bond acceptors (Lipinski definition) is 4. The van der Waals surface area contributed by atoms with Crippen molar-refractivity contribution in [2.75, 3.05) is 38.5 Å². The van der Waals surface area contributed by atoms with E-state index in [-0.39, 0.29) is 11.9 Å². The lowest BCUT2D eigenvalue weighted by atomic mass is 9.91. The first-order valence-corrected chi connectivity index (χ1v) is 10.4. The molecular formula is C17H31N3OS2. The van der Waals surface area contributed by atoms with Gasteiger partial charge in [-0.1, -0.05) is 43.2 Å². The zero-order chi connectivity index (χ0) is 16.7. The molecule has 0 bridgehead atoms. The SMILES string of the molecule is CC(C)NC(=O)CN1CCN(C(=S)SCC2CCCCC2)CC1. The fourth-order valence-electron chi connectivity index (χ4n) is 3.29. The predicted octanol–water partition coefficient (Wildman–Crippen LogP) is 2.73. The number of thioether (sulfide) groups is 1. The summed E-state index contributed by atoms with van der Waals surface area (Å²) in [6.07, 6.45) is 6.98. The molecule has 0 aromatic carbocycles. The number of piperazine rings is 1. The third-order valence-corrected chi connectivity index (χ3v) is 6.37. The van der Waals surface area contributed by atoms with Crippen LogP contribution in [0.5, 0.6) is 0 Å². The van der Waals surface area contributed by atoms with E-state index in [1.807, 2.05) is 25.6 Å². The standard InChI is InChI=1S/C17H31N3OS2/c1-14(2)18-16(21)12-19-8-10-20(11-9-19)17(22)23-13-15-6-4-3-5-7-15/h14-15H,3-13H2,1-2H3,(H,18,21). The summed E-state index contributed by atoms with van der Waals surface area (Å²) in [6.45, 7) is 8.26. The van der Waals surface area contributed by atoms with Crippen LogP contribution in [-0.2, 0) is 4.79 Å². The molecule has 6 heteroatoms. The maximum atomic E-state index is 11.8. The smallest absolute Gasteiger partial charge is 0.234 e. The van der Waals surface area contributed by atoms with Crippen molar-refractivity contribution in [3.8, 4) is 0 Å². The summed E-state index contributed by atoms with van der Waals surface area (Å²) in [6, 6.07) is 0.215. The molecule has 1 saturated heterocycles. The van der Waals surface area contributed by atoms with Gasteiger partial charge in [-0.25, -0.2) is 0 Å². The molecule has 2 fully saturated rings. The number of carbonyl (C=O) groups is 1. The van der Waals surface area contributed by atoms with Gasteiger partial charge in [-0.2, -0.15) is 0 Å². The molecule has 4 nitrogen and oxygen atoms in total. The van der Waals surface area contributed by atoms with E-state index in [1.54, 1.807) is 0 Å². The van der Waals surface area contributed by atoms with Crippen molar-refractivity contribution in [2.24, 2.45) is 5.92 Å². The average molecular weight is 358 g/mol. The van der Waals surface area contributed by atoms with Crippen LogP contribution >= 0.6 is 24.0 Å². The van der Waals surface area contributed by atoms with Gasteiger partial charge < -0.3 is 10.2 Å². The Morgan fingerprint density at radius 1 is 1.17 bits per heavy atom. The zero-order valence-electron chi connectivity index (χ0n) is 14.6. The van der Waals surface area contributed by atoms with Crippen LogP contribution in [0.3, 0.4) is 0 Å². The molecule has 0 atom stereocenters. The number of rotatable bonds is 5. The fourth-order valence-corrected chi connectivity index (χ4v) is 4.76. The van der Waals surface area contributed by atoms with Gasteiger partial charge in [0.25, 0.3) is 0 Å². The third kappa shape index (κ3) is 6.98. The summed E-state index contributed by atoms with van der Waals surface area (Å²) < 4.78 is 1.06. The first-order valence-electron chi connectivity index (χ1n) is 8.98. The van der Waals surface area contributed by atoms with E-state index in [0.29, 0.717) is 6.54 Å². The Hall–Kier alpha value is -0.330. The van der Waals surface area contributed by atoms with Gasteiger partial charge in [0.1, 0.15) is 4.32 Å². The summed E-state index contributed by atoms with van der Waals surface area (Å²) in [5, 5.41) is 2.96. The van der Waals surface area contributed by atoms with Crippen LogP contribution < -0.4 is 5.32 Å². The van der Waals surface area contributed by atoms with E-state index in [2.05, 4.69) is 15.1 Å². The van der Waals surface area contributed by atoms with Crippen LogP contribution in [0.25, 0.3) is 0 Å². The maximum absolute atomic E-state index is 11.8. The van der Waals surface area contributed by atoms with Crippen molar-refractivity contribution in [3.05, 3.63) is 0 Å². The van der Waals surface area contributed by atoms with E-state index in [9.17, 15) is 4.79 Å². The van der Waals surface area contributed by atoms with Crippen molar-refractivity contribution in [1.82, 2.24) is 15.1 Å². The largest absolute Gasteiger partial charge is 0.355 e. The van der Waals surface area contributed by atoms with Gasteiger partial charge in [0.2, 0.25) is 5.91 Å². The Morgan fingerprint density at radius 3 is 2.43 bits per heavy atom. The van der Waals surface area contributed by atoms with Gasteiger partial charge in [-0.3, -0.25) is 9.69 Å². The fraction of sp³-hybridized carbons (Fsp3) is 0.882. The van der Waals surface area contributed by atoms with E-state index in [4.69, 9.17) is 12.2 Å². The van der Waals surface area contributed by atoms with Gasteiger partial charge in [-0.05, 0) is 32.6 Å². The number of thiocarbonyl (C=S) groups is 1. The van der Waals surface area contributed by atoms with Crippen LogP contribution in [0, 0.1) is 5.92 Å². The van der Waals surface area contributed by atoms with Gasteiger partial charge >= 0.3 is 0 Å². The van der Waals surface area contributed by atoms with E-state index in [1.165, 1.54) is 37.9 Å². The Labute approximate surface area is 150 Å². The van der Waals surface area contributed by atoms with Gasteiger partial charge in [0.05, 0.1) is 6.54 Å². The number of carbonyl (C=O) groups excluding carboxylic acids is 1. The molecule has 2 rings (SSSR count). The highest BCUT2D eigenvalue weighted by atomic mass is 32.2. The highest BCUT2D eigenvalue weighted by Gasteiger charge is 2.22. The molecule has 1 saturated carbocycles. The summed E-state index contributed by atoms with van der Waals surface area (Å²) in [7, 11) is 0. The Kier molecular flexibility index (Phi) is 8.13. The van der Waals surface area contributed by atoms with Crippen molar-refractivity contribution in [2.45, 2.75) is 52.0 Å². The second-order valence-electron chi connectivity index (χ2n) is 7.07.